The summed E-state index contributed by atoms with van der Waals surface area (Å²) in [6.07, 6.45) is -14.3. The second-order valence-electron chi connectivity index (χ2n) is 25.8. The molecule has 104 heavy (non-hydrogen) atoms. The largest absolute Gasteiger partial charge is 0.508 e. The molecule has 35 heteroatoms. The molecule has 6 aromatic rings. The van der Waals surface area contributed by atoms with Gasteiger partial charge >= 0.3 is 12.1 Å². The number of carbonyl (C=O) groups excluding carboxylic acids is 8. The van der Waals surface area contributed by atoms with E-state index in [0.29, 0.717) is 5.56 Å². The molecule has 1 fully saturated rings. The van der Waals surface area contributed by atoms with Crippen LogP contribution in [0.2, 0.25) is 5.02 Å². The molecule has 34 nitrogen and oxygen atoms in total. The number of nitrogens with zero attached hydrogens (tertiary/aromatic N) is 2. The number of halogens is 1. The minimum Gasteiger partial charge on any atom is -0.508 e. The van der Waals surface area contributed by atoms with E-state index in [4.69, 9.17) is 36.3 Å². The Kier molecular flexibility index (Phi) is 22.5. The van der Waals surface area contributed by atoms with Crippen molar-refractivity contribution in [1.29, 1.82) is 0 Å². The number of phenolic OH excluding ortho intramolecular Hbond substituents is 3. The SMILES string of the molecule is Cc1cc2ccc1Oc1cc3cc(c1O[C@@H]1C[C@H](CO)[C@@H](O)[C@H](O)[C@H]1O)Oc1ccc(cc1Cl)[C@@H](O)[C@@H]1NC(=O)[C@H](NC(=O)[C@@H]3NC(=O)[C@H](CC(N)=O)NC(=O)[C@H](NC(=O)[C@@H](CC(C)C)N(C)C(=O)OCc3ccc([N+](=O)[O-])cc3)[C@@H]2O)c2ccc(O)c(c2)-c2c(O)cc(O)cc2[C@@H](C(=O)O)NC1=O. The minimum atomic E-state index is -2.33. The summed E-state index contributed by atoms with van der Waals surface area (Å²) < 4.78 is 25.2. The Morgan fingerprint density at radius 1 is 0.712 bits per heavy atom. The standard InChI is InChI=1S/C69H72ClN9O25/c1-27(2)15-41(78(4)69(98)101-26-29-5-10-35(11-6-29)79(99)100)63(91)76-54-56(85)31-8-13-44(28(3)16-31)102-47-19-33-20-48(61(47)104-46-21-34(25-80)58(87)60(89)59(46)88)103-45-14-9-32(18-39(45)70)57(86)55-67(95)75-53(68(96)97)38-22-36(81)23-43(83)50(38)37-17-30(7-12-42(37)82)51(64(92)77-55)74-65(93)52(33)73-62(90)40(24-49(71)84)72-66(54)94/h5-14,16-20,22-23,27,34,40-41,46,51-60,80-83,85-89H,15,21,24-26H2,1-4H3,(H2,71,84)(H,72,94)(H,73,90)(H,74,93)(H,75,95)(H,76,91)(H,77,92)(H,96,97)/t34-,40+,41-,46-,51-,52-,53+,54-,55+,56-,57-,58-,59+,60+/m1/s1. The number of non-ortho nitro benzene ring substituents is 1. The molecule has 1 aliphatic carbocycles. The quantitative estimate of drug-likeness (QED) is 0.0549. The predicted molar refractivity (Wildman–Crippen MR) is 358 cm³/mol. The molecule has 8 amide bonds. The van der Waals surface area contributed by atoms with Crippen LogP contribution in [0, 0.1) is 28.9 Å². The molecule has 0 aromatic heterocycles. The van der Waals surface area contributed by atoms with Crippen molar-refractivity contribution in [2.24, 2.45) is 17.6 Å². The van der Waals surface area contributed by atoms with Crippen molar-refractivity contribution in [1.82, 2.24) is 36.8 Å². The zero-order valence-corrected chi connectivity index (χ0v) is 56.2. The number of aryl methyl sites for hydroxylation is 1. The smallest absolute Gasteiger partial charge is 0.410 e. The number of fused-ring (bicyclic) bond motifs is 15. The van der Waals surface area contributed by atoms with Crippen molar-refractivity contribution >= 4 is 70.7 Å². The Morgan fingerprint density at radius 2 is 1.34 bits per heavy atom. The van der Waals surface area contributed by atoms with Gasteiger partial charge in [0, 0.05) is 54.5 Å². The van der Waals surface area contributed by atoms with Crippen LogP contribution < -0.4 is 51.8 Å². The number of rotatable bonds is 14. The van der Waals surface area contributed by atoms with Gasteiger partial charge in [-0.15, -0.1) is 0 Å². The van der Waals surface area contributed by atoms with Crippen LogP contribution in [-0.4, -0.2) is 177 Å². The van der Waals surface area contributed by atoms with Gasteiger partial charge in [0.15, 0.2) is 17.5 Å². The number of hydrogen-bond donors (Lipinski definition) is 17. The normalized spacial score (nSPS) is 24.3. The maximum absolute atomic E-state index is 16.0. The van der Waals surface area contributed by atoms with E-state index >= 15 is 19.2 Å². The second kappa shape index (κ2) is 31.1. The average Bonchev–Trinajstić information content (AvgIpc) is 0.769. The first-order valence-electron chi connectivity index (χ1n) is 32.2. The number of carboxylic acids is 1. The molecular weight excluding hydrogens is 1390 g/mol. The van der Waals surface area contributed by atoms with Crippen LogP contribution in [0.3, 0.4) is 0 Å². The highest BCUT2D eigenvalue weighted by molar-refractivity contribution is 6.32. The fourth-order valence-electron chi connectivity index (χ4n) is 12.5. The number of carbonyl (C=O) groups is 9. The minimum absolute atomic E-state index is 0.114. The van der Waals surface area contributed by atoms with Gasteiger partial charge < -0.3 is 108 Å². The maximum Gasteiger partial charge on any atom is 0.410 e. The van der Waals surface area contributed by atoms with E-state index < -0.39 is 225 Å². The number of phenols is 3. The molecule has 0 radical (unpaired) electrons. The Labute approximate surface area is 594 Å². The predicted octanol–water partition coefficient (Wildman–Crippen LogP) is 2.14. The molecule has 6 aliphatic rings. The molecule has 18 N–H and O–H groups in total. The zero-order chi connectivity index (χ0) is 75.6. The third-order valence-electron chi connectivity index (χ3n) is 18.0. The van der Waals surface area contributed by atoms with E-state index in [2.05, 4.69) is 31.9 Å². The lowest BCUT2D eigenvalue weighted by Gasteiger charge is -2.40. The molecule has 1 saturated carbocycles. The van der Waals surface area contributed by atoms with Crippen LogP contribution >= 0.6 is 11.6 Å². The van der Waals surface area contributed by atoms with E-state index in [1.807, 2.05) is 0 Å². The first kappa shape index (κ1) is 75.3. The summed E-state index contributed by atoms with van der Waals surface area (Å²) in [6.45, 7) is 3.69. The summed E-state index contributed by atoms with van der Waals surface area (Å²) >= 11 is 6.98. The van der Waals surface area contributed by atoms with Gasteiger partial charge in [-0.3, -0.25) is 48.6 Å². The number of nitrogens with one attached hydrogen (secondary N) is 6. The lowest BCUT2D eigenvalue weighted by molar-refractivity contribution is -0.384. The first-order chi connectivity index (χ1) is 49.2. The van der Waals surface area contributed by atoms with Gasteiger partial charge in [0.25, 0.3) is 5.69 Å². The molecular formula is C69H72ClN9O25. The monoisotopic (exact) mass is 1460 g/mol. The van der Waals surface area contributed by atoms with E-state index in [9.17, 15) is 85.2 Å². The summed E-state index contributed by atoms with van der Waals surface area (Å²) in [5.41, 5.74) is 3.18. The lowest BCUT2D eigenvalue weighted by atomic mass is 9.81. The van der Waals surface area contributed by atoms with Crippen LogP contribution in [0.5, 0.6) is 46.0 Å². The van der Waals surface area contributed by atoms with Gasteiger partial charge in [-0.05, 0) is 126 Å². The third kappa shape index (κ3) is 16.1. The molecule has 5 heterocycles. The molecule has 11 bridgehead atoms. The van der Waals surface area contributed by atoms with E-state index in [1.165, 1.54) is 56.4 Å². The van der Waals surface area contributed by atoms with E-state index in [-0.39, 0.29) is 58.2 Å². The van der Waals surface area contributed by atoms with Gasteiger partial charge in [-0.25, -0.2) is 9.59 Å². The number of nitro benzene ring substituents is 1. The fourth-order valence-corrected chi connectivity index (χ4v) is 12.7. The fraction of sp³-hybridized carbons (Fsp3) is 0.348. The Balaban J connectivity index is 1.16. The Hall–Kier alpha value is -11.4. The van der Waals surface area contributed by atoms with E-state index in [1.54, 1.807) is 13.8 Å². The zero-order valence-electron chi connectivity index (χ0n) is 55.5. The summed E-state index contributed by atoms with van der Waals surface area (Å²) in [7, 11) is 1.20. The maximum atomic E-state index is 16.0. The number of likely N-dealkylation sites (N-methyl/N-ethyl adjacent to an activating group) is 1. The van der Waals surface area contributed by atoms with Gasteiger partial charge in [0.2, 0.25) is 47.1 Å². The van der Waals surface area contributed by atoms with Crippen LogP contribution in [-0.2, 0) is 49.7 Å². The Morgan fingerprint density at radius 3 is 1.96 bits per heavy atom. The summed E-state index contributed by atoms with van der Waals surface area (Å²) in [5.74, 6) is -17.3. The first-order valence-corrected chi connectivity index (χ1v) is 32.6. The summed E-state index contributed by atoms with van der Waals surface area (Å²) in [6, 6.07) is 4.00. The van der Waals surface area contributed by atoms with Crippen LogP contribution in [0.25, 0.3) is 11.1 Å². The topological polar surface area (TPSA) is 537 Å². The number of nitro groups is 1. The number of hydrogen-bond acceptors (Lipinski definition) is 24. The number of aliphatic hydroxyl groups is 6. The molecule has 550 valence electrons. The van der Waals surface area contributed by atoms with Crippen molar-refractivity contribution in [2.75, 3.05) is 13.7 Å². The number of ether oxygens (including phenoxy) is 4. The third-order valence-corrected chi connectivity index (χ3v) is 18.3. The molecule has 0 spiro atoms. The van der Waals surface area contributed by atoms with Crippen LogP contribution in [0.1, 0.15) is 102 Å². The van der Waals surface area contributed by atoms with Crippen molar-refractivity contribution in [3.8, 4) is 57.1 Å². The number of aliphatic carboxylic acids is 1. The number of primary amides is 1. The number of aliphatic hydroxyl groups excluding tert-OH is 6. The summed E-state index contributed by atoms with van der Waals surface area (Å²) in [5, 5.41) is 138. The van der Waals surface area contributed by atoms with Gasteiger partial charge in [0.1, 0.15) is 102 Å². The number of carboxylic acid groups (broad SMARTS) is 1. The number of benzene rings is 6. The van der Waals surface area contributed by atoms with Gasteiger partial charge in [0.05, 0.1) is 22.5 Å². The van der Waals surface area contributed by atoms with Crippen LogP contribution in [0.15, 0.2) is 103 Å². The molecule has 0 saturated heterocycles. The number of nitrogens with two attached hydrogens (primary N) is 1. The molecule has 5 aliphatic heterocycles. The van der Waals surface area contributed by atoms with Crippen molar-refractivity contribution < 1.29 is 118 Å². The van der Waals surface area contributed by atoms with Crippen LogP contribution in [0.4, 0.5) is 10.5 Å². The number of aromatic hydroxyl groups is 3. The van der Waals surface area contributed by atoms with Crippen molar-refractivity contribution in [2.45, 2.75) is 126 Å². The average molecular weight is 1460 g/mol. The highest BCUT2D eigenvalue weighted by atomic mass is 35.5. The molecule has 6 aromatic carbocycles. The van der Waals surface area contributed by atoms with Gasteiger partial charge in [-0.1, -0.05) is 43.6 Å². The summed E-state index contributed by atoms with van der Waals surface area (Å²) in [4.78, 5) is 143. The van der Waals surface area contributed by atoms with Crippen molar-refractivity contribution in [3.63, 3.8) is 0 Å². The lowest BCUT2D eigenvalue weighted by Crippen LogP contribution is -2.59. The molecule has 12 rings (SSSR count). The molecule has 0 unspecified atom stereocenters. The van der Waals surface area contributed by atoms with E-state index in [0.717, 1.165) is 65.6 Å². The van der Waals surface area contributed by atoms with Crippen molar-refractivity contribution in [3.05, 3.63) is 157 Å². The Bertz CT molecular complexity index is 4410. The highest BCUT2D eigenvalue weighted by Crippen LogP contribution is 2.49. The highest BCUT2D eigenvalue weighted by Gasteiger charge is 2.46. The van der Waals surface area contributed by atoms with Gasteiger partial charge in [-0.2, -0.15) is 0 Å². The molecule has 14 atom stereocenters. The second-order valence-corrected chi connectivity index (χ2v) is 26.2. The number of amides is 8.